The van der Waals surface area contributed by atoms with Crippen molar-refractivity contribution in [3.05, 3.63) is 52.7 Å². The van der Waals surface area contributed by atoms with Gasteiger partial charge in [0, 0.05) is 37.7 Å². The van der Waals surface area contributed by atoms with Crippen molar-refractivity contribution in [1.29, 1.82) is 0 Å². The summed E-state index contributed by atoms with van der Waals surface area (Å²) < 4.78 is 13.0. The van der Waals surface area contributed by atoms with E-state index in [0.717, 1.165) is 23.2 Å². The topological polar surface area (TPSA) is 66.4 Å². The van der Waals surface area contributed by atoms with E-state index >= 15 is 0 Å². The summed E-state index contributed by atoms with van der Waals surface area (Å²) in [4.78, 5) is 37.8. The number of carbonyl (C=O) groups excluding carboxylic acids is 2. The third-order valence-electron chi connectivity index (χ3n) is 5.66. The molecule has 2 amide bonds. The molecule has 0 bridgehead atoms. The number of carbonyl (C=O) groups is 2. The molecule has 1 aliphatic heterocycles. The highest BCUT2D eigenvalue weighted by molar-refractivity contribution is 5.95. The molecule has 0 fully saturated rings. The highest BCUT2D eigenvalue weighted by atomic mass is 19.1. The van der Waals surface area contributed by atoms with Gasteiger partial charge in [-0.15, -0.1) is 0 Å². The first-order valence-electron chi connectivity index (χ1n) is 10.9. The fraction of sp³-hybridized carbons (Fsp3) is 0.500. The second kappa shape index (κ2) is 9.98. The number of hydrogen-bond acceptors (Lipinski definition) is 4. The van der Waals surface area contributed by atoms with E-state index in [-0.39, 0.29) is 24.2 Å². The Bertz CT molecular complexity index is 943. The van der Waals surface area contributed by atoms with Gasteiger partial charge in [0.2, 0.25) is 11.8 Å². The van der Waals surface area contributed by atoms with Gasteiger partial charge in [-0.1, -0.05) is 26.0 Å². The fourth-order valence-corrected chi connectivity index (χ4v) is 3.72. The van der Waals surface area contributed by atoms with E-state index in [2.05, 4.69) is 18.8 Å². The molecule has 166 valence electrons. The number of amides is 2. The first-order valence-corrected chi connectivity index (χ1v) is 10.9. The van der Waals surface area contributed by atoms with E-state index in [1.54, 1.807) is 29.0 Å². The Morgan fingerprint density at radius 1 is 1.19 bits per heavy atom. The molecular formula is C24H31FN4O2. The summed E-state index contributed by atoms with van der Waals surface area (Å²) in [5.74, 6) is 1.51. The van der Waals surface area contributed by atoms with Crippen LogP contribution in [0.15, 0.2) is 24.3 Å². The molecular weight excluding hydrogens is 395 g/mol. The summed E-state index contributed by atoms with van der Waals surface area (Å²) in [6, 6.07) is 6.20. The Labute approximate surface area is 183 Å². The van der Waals surface area contributed by atoms with Crippen molar-refractivity contribution < 1.29 is 14.0 Å². The predicted octanol–water partition coefficient (Wildman–Crippen LogP) is 3.84. The molecule has 0 spiro atoms. The minimum absolute atomic E-state index is 0.0314. The first-order chi connectivity index (χ1) is 14.7. The quantitative estimate of drug-likeness (QED) is 0.643. The number of nitrogens with zero attached hydrogens (tertiary/aromatic N) is 4. The first kappa shape index (κ1) is 22.8. The van der Waals surface area contributed by atoms with E-state index in [0.29, 0.717) is 49.8 Å². The molecule has 0 radical (unpaired) electrons. The lowest BCUT2D eigenvalue weighted by Gasteiger charge is -2.30. The van der Waals surface area contributed by atoms with Crippen LogP contribution in [0, 0.1) is 18.7 Å². The normalized spacial score (nSPS) is 13.5. The summed E-state index contributed by atoms with van der Waals surface area (Å²) in [5.41, 5.74) is 2.81. The molecule has 1 aromatic heterocycles. The van der Waals surface area contributed by atoms with E-state index in [9.17, 15) is 14.0 Å². The van der Waals surface area contributed by atoms with Crippen LogP contribution in [0.25, 0.3) is 0 Å². The number of hydrogen-bond donors (Lipinski definition) is 0. The zero-order chi connectivity index (χ0) is 22.5. The largest absolute Gasteiger partial charge is 0.338 e. The van der Waals surface area contributed by atoms with Gasteiger partial charge in [-0.2, -0.15) is 0 Å². The highest BCUT2D eigenvalue weighted by Gasteiger charge is 2.28. The summed E-state index contributed by atoms with van der Waals surface area (Å²) in [6.07, 6.45) is 2.92. The summed E-state index contributed by atoms with van der Waals surface area (Å²) in [7, 11) is 1.73. The summed E-state index contributed by atoms with van der Waals surface area (Å²) in [6.45, 7) is 7.14. The molecule has 0 N–H and O–H groups in total. The number of fused-ring (bicyclic) bond motifs is 1. The Morgan fingerprint density at radius 2 is 1.90 bits per heavy atom. The maximum atomic E-state index is 13.0. The SMILES string of the molecule is Cc1nc(CN(C)C(=O)CCc2ccc(F)cc2)nc2c1CCC(=O)N2CCC(C)C. The maximum Gasteiger partial charge on any atom is 0.228 e. The molecule has 7 heteroatoms. The highest BCUT2D eigenvalue weighted by Crippen LogP contribution is 2.28. The van der Waals surface area contributed by atoms with Crippen LogP contribution < -0.4 is 4.90 Å². The molecule has 0 atom stereocenters. The Morgan fingerprint density at radius 3 is 2.58 bits per heavy atom. The standard InChI is InChI=1S/C24H31FN4O2/c1-16(2)13-14-29-23(31)12-10-20-17(3)26-21(27-24(20)29)15-28(4)22(30)11-7-18-5-8-19(25)9-6-18/h5-6,8-9,16H,7,10-15H2,1-4H3. The van der Waals surface area contributed by atoms with Crippen LogP contribution in [-0.4, -0.2) is 40.3 Å². The van der Waals surface area contributed by atoms with Crippen LogP contribution in [0.4, 0.5) is 10.2 Å². The van der Waals surface area contributed by atoms with Crippen LogP contribution in [-0.2, 0) is 29.0 Å². The zero-order valence-corrected chi connectivity index (χ0v) is 18.8. The number of aryl methyl sites for hydroxylation is 2. The van der Waals surface area contributed by atoms with Crippen molar-refractivity contribution in [3.63, 3.8) is 0 Å². The third kappa shape index (κ3) is 5.87. The number of aromatic nitrogens is 2. The van der Waals surface area contributed by atoms with Gasteiger partial charge in [0.1, 0.15) is 17.5 Å². The minimum atomic E-state index is -0.284. The van der Waals surface area contributed by atoms with Crippen LogP contribution in [0.2, 0.25) is 0 Å². The molecule has 6 nitrogen and oxygen atoms in total. The zero-order valence-electron chi connectivity index (χ0n) is 18.8. The van der Waals surface area contributed by atoms with Gasteiger partial charge in [-0.25, -0.2) is 14.4 Å². The van der Waals surface area contributed by atoms with Crippen LogP contribution >= 0.6 is 0 Å². The molecule has 3 rings (SSSR count). The lowest BCUT2D eigenvalue weighted by atomic mass is 10.0. The third-order valence-corrected chi connectivity index (χ3v) is 5.66. The molecule has 31 heavy (non-hydrogen) atoms. The molecule has 1 aromatic carbocycles. The lowest BCUT2D eigenvalue weighted by molar-refractivity contribution is -0.130. The molecule has 0 saturated heterocycles. The molecule has 2 heterocycles. The van der Waals surface area contributed by atoms with E-state index in [4.69, 9.17) is 4.98 Å². The van der Waals surface area contributed by atoms with Crippen molar-refractivity contribution >= 4 is 17.6 Å². The second-order valence-electron chi connectivity index (χ2n) is 8.63. The lowest BCUT2D eigenvalue weighted by Crippen LogP contribution is -2.38. The summed E-state index contributed by atoms with van der Waals surface area (Å²) in [5, 5.41) is 0. The van der Waals surface area contributed by atoms with Gasteiger partial charge in [0.15, 0.2) is 0 Å². The van der Waals surface area contributed by atoms with Crippen molar-refractivity contribution in [3.8, 4) is 0 Å². The van der Waals surface area contributed by atoms with Crippen molar-refractivity contribution in [2.45, 2.75) is 59.4 Å². The van der Waals surface area contributed by atoms with Crippen LogP contribution in [0.5, 0.6) is 0 Å². The summed E-state index contributed by atoms with van der Waals surface area (Å²) >= 11 is 0. The van der Waals surface area contributed by atoms with E-state index < -0.39 is 0 Å². The monoisotopic (exact) mass is 426 g/mol. The second-order valence-corrected chi connectivity index (χ2v) is 8.63. The Balaban J connectivity index is 1.69. The van der Waals surface area contributed by atoms with Gasteiger partial charge in [-0.05, 0) is 49.8 Å². The molecule has 2 aromatic rings. The van der Waals surface area contributed by atoms with Gasteiger partial charge >= 0.3 is 0 Å². The number of anilines is 1. The van der Waals surface area contributed by atoms with Crippen molar-refractivity contribution in [2.75, 3.05) is 18.5 Å². The van der Waals surface area contributed by atoms with Crippen molar-refractivity contribution in [1.82, 2.24) is 14.9 Å². The van der Waals surface area contributed by atoms with Crippen LogP contribution in [0.3, 0.4) is 0 Å². The van der Waals surface area contributed by atoms with E-state index in [1.165, 1.54) is 12.1 Å². The average Bonchev–Trinajstić information content (AvgIpc) is 2.72. The van der Waals surface area contributed by atoms with Crippen LogP contribution in [0.1, 0.15) is 55.8 Å². The Kier molecular flexibility index (Phi) is 7.36. The minimum Gasteiger partial charge on any atom is -0.338 e. The predicted molar refractivity (Wildman–Crippen MR) is 118 cm³/mol. The Hall–Kier alpha value is -2.83. The molecule has 1 aliphatic rings. The molecule has 0 unspecified atom stereocenters. The molecule has 0 saturated carbocycles. The van der Waals surface area contributed by atoms with E-state index in [1.807, 2.05) is 6.92 Å². The van der Waals surface area contributed by atoms with Gasteiger partial charge < -0.3 is 4.90 Å². The number of rotatable bonds is 8. The van der Waals surface area contributed by atoms with Gasteiger partial charge in [-0.3, -0.25) is 14.5 Å². The van der Waals surface area contributed by atoms with Crippen molar-refractivity contribution in [2.24, 2.45) is 5.92 Å². The average molecular weight is 427 g/mol. The molecule has 0 aliphatic carbocycles. The fourth-order valence-electron chi connectivity index (χ4n) is 3.72. The number of halogens is 1. The number of benzene rings is 1. The van der Waals surface area contributed by atoms with Gasteiger partial charge in [0.05, 0.1) is 6.54 Å². The smallest absolute Gasteiger partial charge is 0.228 e. The van der Waals surface area contributed by atoms with Gasteiger partial charge in [0.25, 0.3) is 0 Å². The maximum absolute atomic E-state index is 13.0.